The summed E-state index contributed by atoms with van der Waals surface area (Å²) in [4.78, 5) is 25.1. The number of halogens is 6. The predicted octanol–water partition coefficient (Wildman–Crippen LogP) is 2.99. The van der Waals surface area contributed by atoms with E-state index in [1.165, 1.54) is 26.5 Å². The fourth-order valence-corrected chi connectivity index (χ4v) is 4.09. The van der Waals surface area contributed by atoms with Gasteiger partial charge in [-0.15, -0.1) is 0 Å². The van der Waals surface area contributed by atoms with Crippen molar-refractivity contribution in [2.75, 3.05) is 32.2 Å². The van der Waals surface area contributed by atoms with Crippen molar-refractivity contribution in [1.82, 2.24) is 29.9 Å². The van der Waals surface area contributed by atoms with E-state index >= 15 is 0 Å². The summed E-state index contributed by atoms with van der Waals surface area (Å²) < 4.78 is 99.3. The summed E-state index contributed by atoms with van der Waals surface area (Å²) >= 11 is 0. The van der Waals surface area contributed by atoms with Gasteiger partial charge in [-0.1, -0.05) is 0 Å². The van der Waals surface area contributed by atoms with Crippen LogP contribution < -0.4 is 19.7 Å². The maximum atomic E-state index is 14.9. The van der Waals surface area contributed by atoms with E-state index in [-0.39, 0.29) is 47.3 Å². The topological polar surface area (TPSA) is 116 Å². The molecule has 1 N–H and O–H groups in total. The number of nitrogens with one attached hydrogen (secondary N) is 1. The number of ether oxygens (including phenoxy) is 3. The molecule has 0 radical (unpaired) electrons. The number of carbonyl (C=O) groups is 1. The largest absolute Gasteiger partial charge is 0.480 e. The van der Waals surface area contributed by atoms with Crippen LogP contribution in [0.15, 0.2) is 18.5 Å². The van der Waals surface area contributed by atoms with Crippen LogP contribution in [-0.2, 0) is 4.74 Å². The Morgan fingerprint density at radius 2 is 1.89 bits per heavy atom. The van der Waals surface area contributed by atoms with Crippen molar-refractivity contribution in [2.24, 2.45) is 0 Å². The molecule has 204 valence electrons. The molecule has 0 spiro atoms. The van der Waals surface area contributed by atoms with E-state index in [0.717, 1.165) is 15.6 Å². The fraction of sp³-hybridized carbons (Fsp3) is 0.476. The van der Waals surface area contributed by atoms with E-state index in [9.17, 15) is 31.1 Å². The molecule has 11 nitrogen and oxygen atoms in total. The number of nitrogens with zero attached hydrogens (tertiary/aromatic N) is 6. The second kappa shape index (κ2) is 8.76. The van der Waals surface area contributed by atoms with Crippen LogP contribution in [0, 0.1) is 5.95 Å². The van der Waals surface area contributed by atoms with Crippen LogP contribution in [0.4, 0.5) is 36.8 Å². The lowest BCUT2D eigenvalue weighted by Crippen LogP contribution is -2.50. The number of anilines is 1. The van der Waals surface area contributed by atoms with E-state index in [1.807, 2.05) is 0 Å². The van der Waals surface area contributed by atoms with Crippen molar-refractivity contribution in [3.8, 4) is 23.1 Å². The second-order valence-electron chi connectivity index (χ2n) is 8.75. The van der Waals surface area contributed by atoms with Crippen molar-refractivity contribution >= 4 is 17.4 Å². The highest BCUT2D eigenvalue weighted by Crippen LogP contribution is 2.49. The van der Waals surface area contributed by atoms with Crippen LogP contribution in [0.2, 0.25) is 0 Å². The van der Waals surface area contributed by atoms with Gasteiger partial charge in [-0.3, -0.25) is 0 Å². The summed E-state index contributed by atoms with van der Waals surface area (Å²) in [5, 5.41) is 5.80. The minimum atomic E-state index is -4.74. The van der Waals surface area contributed by atoms with Crippen molar-refractivity contribution < 1.29 is 45.3 Å². The summed E-state index contributed by atoms with van der Waals surface area (Å²) in [6.45, 7) is -1.62. The van der Waals surface area contributed by atoms with Crippen molar-refractivity contribution in [3.63, 3.8) is 0 Å². The lowest BCUT2D eigenvalue weighted by atomic mass is 10.2. The van der Waals surface area contributed by atoms with Crippen LogP contribution in [0.25, 0.3) is 16.9 Å². The quantitative estimate of drug-likeness (QED) is 0.465. The molecule has 2 aliphatic rings. The number of alkyl carbamates (subject to hydrolysis) is 1. The summed E-state index contributed by atoms with van der Waals surface area (Å²) in [5.74, 6) is -4.56. The highest BCUT2D eigenvalue weighted by molar-refractivity contribution is 5.77. The average Bonchev–Trinajstić information content (AvgIpc) is 3.48. The number of rotatable bonds is 6. The Morgan fingerprint density at radius 3 is 2.53 bits per heavy atom. The van der Waals surface area contributed by atoms with Crippen molar-refractivity contribution in [1.29, 1.82) is 0 Å². The number of carbonyl (C=O) groups excluding carboxylic acids is 1. The fourth-order valence-electron chi connectivity index (χ4n) is 4.09. The number of imidazole rings is 1. The number of methoxy groups -OCH3 is 2. The SMILES string of the molecule is COc1ncc(-c2cc(N3C[C@H](OC(=O)NC4(C(F)(F)F)CC4)C(F)(F)C3)c3ncc(F)n3n2)c(OC)n1. The van der Waals surface area contributed by atoms with E-state index < -0.39 is 48.9 Å². The van der Waals surface area contributed by atoms with Crippen molar-refractivity contribution in [3.05, 3.63) is 24.4 Å². The van der Waals surface area contributed by atoms with Crippen LogP contribution >= 0.6 is 0 Å². The first kappa shape index (κ1) is 25.6. The third-order valence-corrected chi connectivity index (χ3v) is 6.27. The summed E-state index contributed by atoms with van der Waals surface area (Å²) in [6.07, 6.45) is -7.09. The Balaban J connectivity index is 1.46. The van der Waals surface area contributed by atoms with E-state index in [0.29, 0.717) is 0 Å². The standard InChI is InChI=1S/C21H19F6N7O4/c1-36-16-10(6-29-17(30-16)37-2)11-5-12(15-28-7-14(22)34(15)32-11)33-8-13(20(23,24)9-33)38-18(35)31-19(3-4-19)21(25,26)27/h5-7,13H,3-4,8-9H2,1-2H3,(H,31,35)/t13-/m0/s1. The van der Waals surface area contributed by atoms with Gasteiger partial charge in [-0.2, -0.15) is 32.2 Å². The first-order valence-corrected chi connectivity index (χ1v) is 11.1. The Labute approximate surface area is 209 Å². The summed E-state index contributed by atoms with van der Waals surface area (Å²) in [7, 11) is 2.64. The first-order chi connectivity index (χ1) is 17.9. The molecule has 1 saturated heterocycles. The molecule has 1 aliphatic heterocycles. The van der Waals surface area contributed by atoms with Gasteiger partial charge in [0.15, 0.2) is 11.8 Å². The van der Waals surface area contributed by atoms with Crippen LogP contribution in [0.5, 0.6) is 11.9 Å². The Morgan fingerprint density at radius 1 is 1.16 bits per heavy atom. The molecular weight excluding hydrogens is 528 g/mol. The lowest BCUT2D eigenvalue weighted by molar-refractivity contribution is -0.165. The Bertz CT molecular complexity index is 1390. The zero-order valence-electron chi connectivity index (χ0n) is 19.7. The van der Waals surface area contributed by atoms with E-state index in [1.54, 1.807) is 5.32 Å². The maximum Gasteiger partial charge on any atom is 0.411 e. The number of hydrogen-bond acceptors (Lipinski definition) is 9. The monoisotopic (exact) mass is 547 g/mol. The molecular formula is C21H19F6N7O4. The molecule has 1 saturated carbocycles. The van der Waals surface area contributed by atoms with E-state index in [4.69, 9.17) is 14.2 Å². The van der Waals surface area contributed by atoms with Crippen LogP contribution in [-0.4, -0.2) is 81.7 Å². The highest BCUT2D eigenvalue weighted by Gasteiger charge is 2.65. The maximum absolute atomic E-state index is 14.9. The third kappa shape index (κ3) is 4.34. The third-order valence-electron chi connectivity index (χ3n) is 6.27. The molecule has 5 rings (SSSR count). The minimum absolute atomic E-state index is 0.00141. The van der Waals surface area contributed by atoms with Crippen molar-refractivity contribution in [2.45, 2.75) is 36.6 Å². The number of amides is 1. The van der Waals surface area contributed by atoms with Gasteiger partial charge in [-0.05, 0) is 18.9 Å². The molecule has 3 aromatic heterocycles. The second-order valence-corrected chi connectivity index (χ2v) is 8.75. The number of aromatic nitrogens is 5. The summed E-state index contributed by atoms with van der Waals surface area (Å²) in [6, 6.07) is 1.29. The van der Waals surface area contributed by atoms with Gasteiger partial charge in [0.2, 0.25) is 11.8 Å². The molecule has 17 heteroatoms. The minimum Gasteiger partial charge on any atom is -0.480 e. The van der Waals surface area contributed by atoms with Gasteiger partial charge in [0.1, 0.15) is 11.2 Å². The molecule has 1 aliphatic carbocycles. The van der Waals surface area contributed by atoms with Gasteiger partial charge in [-0.25, -0.2) is 23.5 Å². The molecule has 0 aromatic carbocycles. The average molecular weight is 547 g/mol. The molecule has 2 fully saturated rings. The van der Waals surface area contributed by atoms with Gasteiger partial charge in [0.25, 0.3) is 0 Å². The lowest BCUT2D eigenvalue weighted by Gasteiger charge is -2.23. The highest BCUT2D eigenvalue weighted by atomic mass is 19.4. The first-order valence-electron chi connectivity index (χ1n) is 11.1. The van der Waals surface area contributed by atoms with Gasteiger partial charge >= 0.3 is 24.2 Å². The molecule has 3 aromatic rings. The predicted molar refractivity (Wildman–Crippen MR) is 116 cm³/mol. The summed E-state index contributed by atoms with van der Waals surface area (Å²) in [5.41, 5.74) is -2.43. The zero-order valence-corrected chi connectivity index (χ0v) is 19.7. The van der Waals surface area contributed by atoms with Gasteiger partial charge < -0.3 is 24.4 Å². The smallest absolute Gasteiger partial charge is 0.411 e. The Hall–Kier alpha value is -4.05. The molecule has 1 atom stereocenters. The number of hydrogen-bond donors (Lipinski definition) is 1. The molecule has 0 unspecified atom stereocenters. The molecule has 0 bridgehead atoms. The molecule has 1 amide bonds. The number of fused-ring (bicyclic) bond motifs is 1. The van der Waals surface area contributed by atoms with Crippen LogP contribution in [0.1, 0.15) is 12.8 Å². The zero-order chi connectivity index (χ0) is 27.5. The van der Waals surface area contributed by atoms with Gasteiger partial charge in [0.05, 0.1) is 44.8 Å². The molecule has 38 heavy (non-hydrogen) atoms. The number of alkyl halides is 5. The van der Waals surface area contributed by atoms with Crippen LogP contribution in [0.3, 0.4) is 0 Å². The normalized spacial score (nSPS) is 19.9. The van der Waals surface area contributed by atoms with E-state index in [2.05, 4.69) is 20.1 Å². The van der Waals surface area contributed by atoms with Gasteiger partial charge in [0, 0.05) is 6.20 Å². The Kier molecular flexibility index (Phi) is 5.90. The molecule has 4 heterocycles.